The van der Waals surface area contributed by atoms with Gasteiger partial charge in [-0.2, -0.15) is 0 Å². The molecule has 0 aromatic carbocycles. The van der Waals surface area contributed by atoms with Crippen LogP contribution in [0.2, 0.25) is 0 Å². The summed E-state index contributed by atoms with van der Waals surface area (Å²) in [5.74, 6) is -2.35. The molecule has 1 aliphatic carbocycles. The highest BCUT2D eigenvalue weighted by Gasteiger charge is 2.52. The number of hydrogen-bond donors (Lipinski definition) is 3. The van der Waals surface area contributed by atoms with Gasteiger partial charge in [-0.25, -0.2) is 4.79 Å². The zero-order valence-electron chi connectivity index (χ0n) is 13.3. The highest BCUT2D eigenvalue weighted by molar-refractivity contribution is 6.08. The minimum atomic E-state index is -0.887. The topological polar surface area (TPSA) is 134 Å². The van der Waals surface area contributed by atoms with Crippen LogP contribution < -0.4 is 16.0 Å². The summed E-state index contributed by atoms with van der Waals surface area (Å²) >= 11 is 0. The van der Waals surface area contributed by atoms with Crippen molar-refractivity contribution >= 4 is 29.7 Å². The van der Waals surface area contributed by atoms with E-state index in [1.165, 1.54) is 7.05 Å². The molecule has 1 heterocycles. The number of amides is 5. The molecule has 5 amide bonds. The molecule has 132 valence electrons. The third kappa shape index (κ3) is 3.81. The fourth-order valence-corrected chi connectivity index (χ4v) is 2.78. The summed E-state index contributed by atoms with van der Waals surface area (Å²) in [7, 11) is 1.42. The van der Waals surface area contributed by atoms with Crippen LogP contribution in [0.25, 0.3) is 0 Å². The van der Waals surface area contributed by atoms with Gasteiger partial charge in [0, 0.05) is 7.05 Å². The molecule has 0 radical (unpaired) electrons. The van der Waals surface area contributed by atoms with Gasteiger partial charge in [0.05, 0.1) is 6.54 Å². The molecule has 0 aromatic heterocycles. The molecule has 0 aromatic rings. The van der Waals surface area contributed by atoms with Crippen molar-refractivity contribution in [1.29, 1.82) is 0 Å². The number of imide groups is 1. The summed E-state index contributed by atoms with van der Waals surface area (Å²) < 4.78 is 4.72. The van der Waals surface area contributed by atoms with E-state index in [1.807, 2.05) is 0 Å². The Morgan fingerprint density at radius 3 is 2.50 bits per heavy atom. The zero-order valence-corrected chi connectivity index (χ0v) is 13.3. The first-order valence-corrected chi connectivity index (χ1v) is 7.65. The van der Waals surface area contributed by atoms with Crippen LogP contribution in [0.5, 0.6) is 0 Å². The van der Waals surface area contributed by atoms with Crippen LogP contribution in [-0.4, -0.2) is 66.9 Å². The van der Waals surface area contributed by atoms with Crippen molar-refractivity contribution in [2.75, 3.05) is 26.7 Å². The average molecular weight is 340 g/mol. The molecule has 2 aliphatic rings. The lowest BCUT2D eigenvalue weighted by Crippen LogP contribution is -2.44. The molecule has 2 rings (SSSR count). The molecule has 10 nitrogen and oxygen atoms in total. The monoisotopic (exact) mass is 340 g/mol. The quantitative estimate of drug-likeness (QED) is 0.388. The number of carbonyl (C=O) groups is 5. The normalized spacial score (nSPS) is 18.5. The van der Waals surface area contributed by atoms with Crippen molar-refractivity contribution in [3.05, 3.63) is 0 Å². The SMILES string of the molecule is CNC(=O)CNC(=O)COC(=O)CN1C(=O)NC2(CCCC2)C1=O. The second-order valence-corrected chi connectivity index (χ2v) is 5.72. The van der Waals surface area contributed by atoms with Crippen molar-refractivity contribution in [3.63, 3.8) is 0 Å². The van der Waals surface area contributed by atoms with Crippen LogP contribution in [-0.2, 0) is 23.9 Å². The predicted octanol–water partition coefficient (Wildman–Crippen LogP) is -1.74. The molecule has 1 saturated carbocycles. The van der Waals surface area contributed by atoms with Crippen LogP contribution in [0, 0.1) is 0 Å². The molecule has 1 aliphatic heterocycles. The number of hydrogen-bond acceptors (Lipinski definition) is 6. The van der Waals surface area contributed by atoms with Crippen LogP contribution in [0.3, 0.4) is 0 Å². The summed E-state index contributed by atoms with van der Waals surface area (Å²) in [6.07, 6.45) is 2.81. The van der Waals surface area contributed by atoms with Crippen LogP contribution >= 0.6 is 0 Å². The molecule has 0 unspecified atom stereocenters. The molecule has 1 spiro atoms. The fraction of sp³-hybridized carbons (Fsp3) is 0.643. The maximum absolute atomic E-state index is 12.3. The molecule has 0 bridgehead atoms. The van der Waals surface area contributed by atoms with E-state index in [9.17, 15) is 24.0 Å². The third-order valence-electron chi connectivity index (χ3n) is 4.08. The van der Waals surface area contributed by atoms with Gasteiger partial charge in [-0.3, -0.25) is 24.1 Å². The molecular formula is C14H20N4O6. The largest absolute Gasteiger partial charge is 0.454 e. The summed E-state index contributed by atoms with van der Waals surface area (Å²) in [5, 5.41) is 7.21. The van der Waals surface area contributed by atoms with Crippen molar-refractivity contribution < 1.29 is 28.7 Å². The van der Waals surface area contributed by atoms with Gasteiger partial charge in [-0.05, 0) is 12.8 Å². The highest BCUT2D eigenvalue weighted by atomic mass is 16.5. The van der Waals surface area contributed by atoms with Gasteiger partial charge in [-0.1, -0.05) is 12.8 Å². The lowest BCUT2D eigenvalue weighted by Gasteiger charge is -2.19. The van der Waals surface area contributed by atoms with E-state index in [1.54, 1.807) is 0 Å². The number of ether oxygens (including phenoxy) is 1. The first-order valence-electron chi connectivity index (χ1n) is 7.65. The summed E-state index contributed by atoms with van der Waals surface area (Å²) in [6.45, 7) is -1.37. The zero-order chi connectivity index (χ0) is 17.7. The second-order valence-electron chi connectivity index (χ2n) is 5.72. The second kappa shape index (κ2) is 7.28. The van der Waals surface area contributed by atoms with Gasteiger partial charge in [0.25, 0.3) is 11.8 Å². The number of carbonyl (C=O) groups excluding carboxylic acids is 5. The third-order valence-corrected chi connectivity index (χ3v) is 4.08. The molecular weight excluding hydrogens is 320 g/mol. The summed E-state index contributed by atoms with van der Waals surface area (Å²) in [4.78, 5) is 59.1. The lowest BCUT2D eigenvalue weighted by molar-refractivity contribution is -0.151. The van der Waals surface area contributed by atoms with Gasteiger partial charge in [0.2, 0.25) is 5.91 Å². The minimum absolute atomic E-state index is 0.234. The maximum atomic E-state index is 12.3. The van der Waals surface area contributed by atoms with Crippen molar-refractivity contribution in [3.8, 4) is 0 Å². The number of urea groups is 1. The lowest BCUT2D eigenvalue weighted by atomic mass is 9.98. The summed E-state index contributed by atoms with van der Waals surface area (Å²) in [6, 6.07) is -0.622. The standard InChI is InChI=1S/C14H20N4O6/c1-15-9(19)6-16-10(20)8-24-11(21)7-18-12(22)14(17-13(18)23)4-2-3-5-14/h2-8H2,1H3,(H,15,19)(H,16,20)(H,17,23). The molecule has 0 atom stereocenters. The molecule has 24 heavy (non-hydrogen) atoms. The number of nitrogens with one attached hydrogen (secondary N) is 3. The number of rotatable bonds is 6. The number of nitrogens with zero attached hydrogens (tertiary/aromatic N) is 1. The van der Waals surface area contributed by atoms with Crippen LogP contribution in [0.4, 0.5) is 4.79 Å². The van der Waals surface area contributed by atoms with E-state index in [-0.39, 0.29) is 6.54 Å². The Bertz CT molecular complexity index is 570. The average Bonchev–Trinajstić information content (AvgIpc) is 3.11. The number of likely N-dealkylation sites (N-methyl/N-ethyl adjacent to an activating group) is 1. The van der Waals surface area contributed by atoms with Crippen molar-refractivity contribution in [2.45, 2.75) is 31.2 Å². The van der Waals surface area contributed by atoms with Gasteiger partial charge in [-0.15, -0.1) is 0 Å². The molecule has 1 saturated heterocycles. The molecule has 3 N–H and O–H groups in total. The first-order chi connectivity index (χ1) is 11.4. The predicted molar refractivity (Wildman–Crippen MR) is 79.5 cm³/mol. The maximum Gasteiger partial charge on any atom is 0.326 e. The van der Waals surface area contributed by atoms with E-state index in [0.29, 0.717) is 12.8 Å². The minimum Gasteiger partial charge on any atom is -0.454 e. The van der Waals surface area contributed by atoms with Crippen LogP contribution in [0.1, 0.15) is 25.7 Å². The Morgan fingerprint density at radius 1 is 1.21 bits per heavy atom. The molecule has 10 heteroatoms. The Kier molecular flexibility index (Phi) is 5.37. The Labute approximate surface area is 138 Å². The van der Waals surface area contributed by atoms with E-state index in [2.05, 4.69) is 16.0 Å². The molecule has 2 fully saturated rings. The van der Waals surface area contributed by atoms with E-state index >= 15 is 0 Å². The Hall–Kier alpha value is -2.65. The fourth-order valence-electron chi connectivity index (χ4n) is 2.78. The van der Waals surface area contributed by atoms with Gasteiger partial charge in [0.15, 0.2) is 6.61 Å². The van der Waals surface area contributed by atoms with Crippen LogP contribution in [0.15, 0.2) is 0 Å². The Morgan fingerprint density at radius 2 is 1.88 bits per heavy atom. The van der Waals surface area contributed by atoms with Crippen molar-refractivity contribution in [1.82, 2.24) is 20.9 Å². The van der Waals surface area contributed by atoms with E-state index in [0.717, 1.165) is 17.7 Å². The van der Waals surface area contributed by atoms with E-state index in [4.69, 9.17) is 4.74 Å². The number of esters is 1. The van der Waals surface area contributed by atoms with Crippen molar-refractivity contribution in [2.24, 2.45) is 0 Å². The van der Waals surface area contributed by atoms with Gasteiger partial charge < -0.3 is 20.7 Å². The van der Waals surface area contributed by atoms with E-state index < -0.39 is 48.4 Å². The Balaban J connectivity index is 1.78. The highest BCUT2D eigenvalue weighted by Crippen LogP contribution is 2.34. The van der Waals surface area contributed by atoms with Gasteiger partial charge in [0.1, 0.15) is 12.1 Å². The van der Waals surface area contributed by atoms with Gasteiger partial charge >= 0.3 is 12.0 Å². The smallest absolute Gasteiger partial charge is 0.326 e. The first kappa shape index (κ1) is 17.7. The summed E-state index contributed by atoms with van der Waals surface area (Å²) in [5.41, 5.74) is -0.887.